The predicted molar refractivity (Wildman–Crippen MR) is 148 cm³/mol. The van der Waals surface area contributed by atoms with E-state index in [1.807, 2.05) is 29.0 Å². The van der Waals surface area contributed by atoms with Gasteiger partial charge >= 0.3 is 0 Å². The molecule has 2 aromatic carbocycles. The molecule has 2 aliphatic heterocycles. The number of piperazine rings is 1. The monoisotopic (exact) mass is 517 g/mol. The lowest BCUT2D eigenvalue weighted by Crippen LogP contribution is -2.47. The third kappa shape index (κ3) is 6.16. The molecule has 3 heterocycles. The molecule has 0 aliphatic carbocycles. The number of benzene rings is 2. The summed E-state index contributed by atoms with van der Waals surface area (Å²) >= 11 is 0. The van der Waals surface area contributed by atoms with Crippen molar-refractivity contribution >= 4 is 11.5 Å². The van der Waals surface area contributed by atoms with Crippen LogP contribution in [0.2, 0.25) is 0 Å². The fraction of sp³-hybridized carbons (Fsp3) is 0.448. The van der Waals surface area contributed by atoms with Gasteiger partial charge < -0.3 is 20.6 Å². The average Bonchev–Trinajstić information content (AvgIpc) is 3.20. The number of nitrogens with one attached hydrogen (secondary N) is 2. The largest absolute Gasteiger partial charge is 0.395 e. The van der Waals surface area contributed by atoms with E-state index < -0.39 is 5.82 Å². The van der Waals surface area contributed by atoms with Crippen LogP contribution in [0.5, 0.6) is 0 Å². The molecule has 5 rings (SSSR count). The topological polar surface area (TPSA) is 92.4 Å². The molecule has 0 spiro atoms. The summed E-state index contributed by atoms with van der Waals surface area (Å²) in [6, 6.07) is 16.9. The molecular weight excluding hydrogens is 481 g/mol. The first-order chi connectivity index (χ1) is 18.6. The highest BCUT2D eigenvalue weighted by Crippen LogP contribution is 2.29. The number of hydrogen-bond acceptors (Lipinski definition) is 7. The van der Waals surface area contributed by atoms with E-state index in [0.717, 1.165) is 81.7 Å². The Morgan fingerprint density at radius 2 is 1.82 bits per heavy atom. The van der Waals surface area contributed by atoms with Crippen molar-refractivity contribution in [3.05, 3.63) is 59.9 Å². The maximum absolute atomic E-state index is 14.5. The summed E-state index contributed by atoms with van der Waals surface area (Å²) in [5, 5.41) is 30.2. The van der Waals surface area contributed by atoms with Gasteiger partial charge in [0.2, 0.25) is 0 Å². The second-order valence-electron chi connectivity index (χ2n) is 10.1. The number of nitrogens with zero attached hydrogens (tertiary/aromatic N) is 5. The fourth-order valence-corrected chi connectivity index (χ4v) is 5.36. The van der Waals surface area contributed by atoms with E-state index in [2.05, 4.69) is 32.6 Å². The molecule has 0 radical (unpaired) electrons. The van der Waals surface area contributed by atoms with Crippen LogP contribution in [0.1, 0.15) is 24.8 Å². The number of aliphatic hydroxyl groups is 1. The number of anilines is 2. The predicted octanol–water partition coefficient (Wildman–Crippen LogP) is 3.47. The molecule has 1 unspecified atom stereocenters. The van der Waals surface area contributed by atoms with Gasteiger partial charge in [0, 0.05) is 56.6 Å². The van der Waals surface area contributed by atoms with Gasteiger partial charge in [-0.25, -0.2) is 9.07 Å². The summed E-state index contributed by atoms with van der Waals surface area (Å²) in [6.45, 7) is 7.58. The standard InChI is InChI=1S/C29H36FN7O/c30-27-18-23(3-4-24(27)20-31)28-19-29(33-21-22-2-1-10-32-11-9-22)34-37(28)26-7-5-25(6-8-26)36-14-12-35(13-15-36)16-17-38/h3-8,18-19,22,32,38H,1-2,9-17,21H2,(H,33,34). The second kappa shape index (κ2) is 12.4. The van der Waals surface area contributed by atoms with Crippen LogP contribution in [-0.4, -0.2) is 78.8 Å². The molecule has 38 heavy (non-hydrogen) atoms. The van der Waals surface area contributed by atoms with Crippen LogP contribution in [0, 0.1) is 23.1 Å². The fourth-order valence-electron chi connectivity index (χ4n) is 5.36. The van der Waals surface area contributed by atoms with Gasteiger partial charge in [0.15, 0.2) is 0 Å². The number of halogens is 1. The van der Waals surface area contributed by atoms with Crippen molar-refractivity contribution in [2.45, 2.75) is 19.3 Å². The Morgan fingerprint density at radius 3 is 2.55 bits per heavy atom. The number of β-amino-alcohol motifs (C(OH)–C–C–N with tert-alkyl or cyclic N) is 1. The molecule has 1 aromatic heterocycles. The molecule has 0 saturated carbocycles. The van der Waals surface area contributed by atoms with Gasteiger partial charge in [0.05, 0.1) is 23.6 Å². The van der Waals surface area contributed by atoms with Crippen LogP contribution < -0.4 is 15.5 Å². The molecule has 0 bridgehead atoms. The smallest absolute Gasteiger partial charge is 0.149 e. The van der Waals surface area contributed by atoms with Gasteiger partial charge in [0.1, 0.15) is 17.7 Å². The van der Waals surface area contributed by atoms with Gasteiger partial charge in [-0.05, 0) is 74.7 Å². The summed E-state index contributed by atoms with van der Waals surface area (Å²) in [7, 11) is 0. The van der Waals surface area contributed by atoms with Crippen LogP contribution in [0.15, 0.2) is 48.5 Å². The summed E-state index contributed by atoms with van der Waals surface area (Å²) in [5.41, 5.74) is 3.51. The van der Waals surface area contributed by atoms with Crippen molar-refractivity contribution in [1.29, 1.82) is 5.26 Å². The lowest BCUT2D eigenvalue weighted by atomic mass is 10.0. The van der Waals surface area contributed by atoms with Gasteiger partial charge in [-0.2, -0.15) is 5.26 Å². The molecule has 9 heteroatoms. The quantitative estimate of drug-likeness (QED) is 0.421. The van der Waals surface area contributed by atoms with Crippen molar-refractivity contribution < 1.29 is 9.50 Å². The van der Waals surface area contributed by atoms with E-state index in [4.69, 9.17) is 10.4 Å². The maximum atomic E-state index is 14.5. The Balaban J connectivity index is 1.38. The molecule has 200 valence electrons. The van der Waals surface area contributed by atoms with Crippen molar-refractivity contribution in [3.63, 3.8) is 0 Å². The third-order valence-electron chi connectivity index (χ3n) is 7.61. The Hall–Kier alpha value is -3.45. The van der Waals surface area contributed by atoms with Gasteiger partial charge in [-0.3, -0.25) is 4.90 Å². The van der Waals surface area contributed by atoms with Crippen molar-refractivity contribution in [1.82, 2.24) is 20.0 Å². The first-order valence-electron chi connectivity index (χ1n) is 13.6. The van der Waals surface area contributed by atoms with E-state index in [0.29, 0.717) is 11.5 Å². The zero-order chi connectivity index (χ0) is 26.3. The molecule has 0 amide bonds. The molecule has 8 nitrogen and oxygen atoms in total. The lowest BCUT2D eigenvalue weighted by Gasteiger charge is -2.35. The van der Waals surface area contributed by atoms with Crippen LogP contribution in [0.4, 0.5) is 15.9 Å². The summed E-state index contributed by atoms with van der Waals surface area (Å²) in [6.07, 6.45) is 3.50. The first kappa shape index (κ1) is 26.2. The average molecular weight is 518 g/mol. The minimum atomic E-state index is -0.533. The third-order valence-corrected chi connectivity index (χ3v) is 7.61. The highest BCUT2D eigenvalue weighted by molar-refractivity contribution is 5.67. The van der Waals surface area contributed by atoms with E-state index in [1.165, 1.54) is 25.0 Å². The van der Waals surface area contributed by atoms with Crippen molar-refractivity contribution in [2.24, 2.45) is 5.92 Å². The molecule has 3 aromatic rings. The SMILES string of the molecule is N#Cc1ccc(-c2cc(NCC3CCCNCC3)nn2-c2ccc(N3CCN(CCO)CC3)cc2)cc1F. The normalized spacial score (nSPS) is 18.7. The van der Waals surface area contributed by atoms with Crippen molar-refractivity contribution in [2.75, 3.05) is 69.2 Å². The molecule has 2 fully saturated rings. The Morgan fingerprint density at radius 1 is 1.03 bits per heavy atom. The Bertz CT molecular complexity index is 1240. The van der Waals surface area contributed by atoms with Gasteiger partial charge in [0.25, 0.3) is 0 Å². The molecular formula is C29H36FN7O. The van der Waals surface area contributed by atoms with Crippen molar-refractivity contribution in [3.8, 4) is 23.0 Å². The zero-order valence-corrected chi connectivity index (χ0v) is 21.7. The number of nitriles is 1. The Labute approximate surface area is 223 Å². The van der Waals surface area contributed by atoms with Crippen LogP contribution in [0.25, 0.3) is 16.9 Å². The summed E-state index contributed by atoms with van der Waals surface area (Å²) in [4.78, 5) is 4.63. The first-order valence-corrected chi connectivity index (χ1v) is 13.6. The lowest BCUT2D eigenvalue weighted by molar-refractivity contribution is 0.189. The Kier molecular flexibility index (Phi) is 8.54. The number of aromatic nitrogens is 2. The molecule has 1 atom stereocenters. The van der Waals surface area contributed by atoms with E-state index in [-0.39, 0.29) is 12.2 Å². The van der Waals surface area contributed by atoms with E-state index in [1.54, 1.807) is 6.07 Å². The number of rotatable bonds is 8. The van der Waals surface area contributed by atoms with Gasteiger partial charge in [-0.15, -0.1) is 5.10 Å². The van der Waals surface area contributed by atoms with Gasteiger partial charge in [-0.1, -0.05) is 6.07 Å². The highest BCUT2D eigenvalue weighted by Gasteiger charge is 2.19. The molecule has 2 saturated heterocycles. The highest BCUT2D eigenvalue weighted by atomic mass is 19.1. The minimum absolute atomic E-state index is 0.0311. The second-order valence-corrected chi connectivity index (χ2v) is 10.1. The van der Waals surface area contributed by atoms with Crippen LogP contribution in [0.3, 0.4) is 0 Å². The summed E-state index contributed by atoms with van der Waals surface area (Å²) in [5.74, 6) is 0.808. The van der Waals surface area contributed by atoms with Crippen LogP contribution in [-0.2, 0) is 0 Å². The maximum Gasteiger partial charge on any atom is 0.149 e. The zero-order valence-electron chi connectivity index (χ0n) is 21.7. The number of hydrogen-bond donors (Lipinski definition) is 3. The van der Waals surface area contributed by atoms with E-state index in [9.17, 15) is 9.50 Å². The molecule has 3 N–H and O–H groups in total. The number of aliphatic hydroxyl groups excluding tert-OH is 1. The molecule has 2 aliphatic rings. The van der Waals surface area contributed by atoms with Crippen LogP contribution >= 0.6 is 0 Å². The van der Waals surface area contributed by atoms with E-state index >= 15 is 0 Å². The summed E-state index contributed by atoms with van der Waals surface area (Å²) < 4.78 is 16.4. The minimum Gasteiger partial charge on any atom is -0.395 e.